The number of benzene rings is 2. The first kappa shape index (κ1) is 15.6. The van der Waals surface area contributed by atoms with Gasteiger partial charge in [-0.25, -0.2) is 0 Å². The van der Waals surface area contributed by atoms with Gasteiger partial charge in [-0.2, -0.15) is 0 Å². The molecule has 0 atom stereocenters. The third-order valence-electron chi connectivity index (χ3n) is 3.38. The Balaban J connectivity index is 2.40. The van der Waals surface area contributed by atoms with E-state index in [0.29, 0.717) is 22.1 Å². The standard InChI is InChI=1S/C18H19ClO2/c1-12-10-14(18(2,3)4)8-9-16(12)21-17-13(11-20)6-5-7-15(17)19/h5-11H,1-4H3. The molecule has 2 nitrogen and oxygen atoms in total. The van der Waals surface area contributed by atoms with Gasteiger partial charge >= 0.3 is 0 Å². The molecule has 0 aliphatic carbocycles. The Bertz CT molecular complexity index is 669. The van der Waals surface area contributed by atoms with Gasteiger partial charge in [0, 0.05) is 0 Å². The average Bonchev–Trinajstić information content (AvgIpc) is 2.41. The van der Waals surface area contributed by atoms with Crippen molar-refractivity contribution in [1.82, 2.24) is 0 Å². The predicted molar refractivity (Wildman–Crippen MR) is 86.8 cm³/mol. The second-order valence-electron chi connectivity index (χ2n) is 6.11. The Morgan fingerprint density at radius 1 is 1.14 bits per heavy atom. The zero-order valence-corrected chi connectivity index (χ0v) is 13.5. The van der Waals surface area contributed by atoms with Crippen molar-refractivity contribution in [3.63, 3.8) is 0 Å². The molecule has 0 heterocycles. The molecule has 110 valence electrons. The van der Waals surface area contributed by atoms with Crippen LogP contribution in [0.5, 0.6) is 11.5 Å². The molecule has 0 N–H and O–H groups in total. The van der Waals surface area contributed by atoms with Crippen LogP contribution < -0.4 is 4.74 Å². The van der Waals surface area contributed by atoms with Crippen LogP contribution >= 0.6 is 11.6 Å². The molecule has 0 amide bonds. The molecule has 2 aromatic rings. The molecule has 0 bridgehead atoms. The van der Waals surface area contributed by atoms with Crippen LogP contribution in [-0.4, -0.2) is 6.29 Å². The van der Waals surface area contributed by atoms with E-state index in [-0.39, 0.29) is 5.41 Å². The van der Waals surface area contributed by atoms with Gasteiger partial charge in [0.1, 0.15) is 5.75 Å². The number of para-hydroxylation sites is 1. The van der Waals surface area contributed by atoms with Gasteiger partial charge < -0.3 is 4.74 Å². The summed E-state index contributed by atoms with van der Waals surface area (Å²) >= 11 is 6.13. The van der Waals surface area contributed by atoms with E-state index in [0.717, 1.165) is 11.8 Å². The largest absolute Gasteiger partial charge is 0.455 e. The summed E-state index contributed by atoms with van der Waals surface area (Å²) in [6, 6.07) is 11.2. The first-order valence-electron chi connectivity index (χ1n) is 6.85. The first-order chi connectivity index (χ1) is 9.82. The van der Waals surface area contributed by atoms with Crippen molar-refractivity contribution in [3.05, 3.63) is 58.1 Å². The van der Waals surface area contributed by atoms with Crippen LogP contribution in [0.25, 0.3) is 0 Å². The number of aryl methyl sites for hydroxylation is 1. The summed E-state index contributed by atoms with van der Waals surface area (Å²) in [6.07, 6.45) is 0.750. The number of ether oxygens (including phenoxy) is 1. The maximum atomic E-state index is 11.1. The molecule has 0 unspecified atom stereocenters. The Kier molecular flexibility index (Phi) is 4.38. The van der Waals surface area contributed by atoms with Crippen molar-refractivity contribution in [2.24, 2.45) is 0 Å². The minimum atomic E-state index is 0.0850. The van der Waals surface area contributed by atoms with Crippen molar-refractivity contribution in [2.75, 3.05) is 0 Å². The highest BCUT2D eigenvalue weighted by molar-refractivity contribution is 6.32. The lowest BCUT2D eigenvalue weighted by Crippen LogP contribution is -2.11. The van der Waals surface area contributed by atoms with Crippen LogP contribution in [0.1, 0.15) is 42.3 Å². The zero-order valence-electron chi connectivity index (χ0n) is 12.7. The van der Waals surface area contributed by atoms with E-state index >= 15 is 0 Å². The molecule has 0 saturated heterocycles. The lowest BCUT2D eigenvalue weighted by atomic mass is 9.86. The molecular formula is C18H19ClO2. The summed E-state index contributed by atoms with van der Waals surface area (Å²) in [5.74, 6) is 1.11. The molecule has 2 aromatic carbocycles. The molecule has 2 rings (SSSR count). The van der Waals surface area contributed by atoms with Gasteiger partial charge in [0.2, 0.25) is 0 Å². The van der Waals surface area contributed by atoms with Crippen LogP contribution in [0.15, 0.2) is 36.4 Å². The predicted octanol–water partition coefficient (Wildman–Crippen LogP) is 5.55. The third-order valence-corrected chi connectivity index (χ3v) is 3.68. The van der Waals surface area contributed by atoms with E-state index < -0.39 is 0 Å². The van der Waals surface area contributed by atoms with Gasteiger partial charge in [-0.15, -0.1) is 0 Å². The summed E-state index contributed by atoms with van der Waals surface area (Å²) in [5.41, 5.74) is 2.78. The highest BCUT2D eigenvalue weighted by Gasteiger charge is 2.16. The minimum Gasteiger partial charge on any atom is -0.455 e. The van der Waals surface area contributed by atoms with E-state index in [2.05, 4.69) is 26.8 Å². The molecule has 0 aromatic heterocycles. The highest BCUT2D eigenvalue weighted by Crippen LogP contribution is 2.35. The van der Waals surface area contributed by atoms with Gasteiger partial charge in [-0.3, -0.25) is 4.79 Å². The number of carbonyl (C=O) groups is 1. The first-order valence-corrected chi connectivity index (χ1v) is 7.23. The SMILES string of the molecule is Cc1cc(C(C)(C)C)ccc1Oc1c(Cl)cccc1C=O. The lowest BCUT2D eigenvalue weighted by Gasteiger charge is -2.21. The third kappa shape index (κ3) is 3.45. The number of rotatable bonds is 3. The summed E-state index contributed by atoms with van der Waals surface area (Å²) < 4.78 is 5.87. The van der Waals surface area contributed by atoms with E-state index in [1.165, 1.54) is 5.56 Å². The minimum absolute atomic E-state index is 0.0850. The lowest BCUT2D eigenvalue weighted by molar-refractivity contribution is 0.112. The van der Waals surface area contributed by atoms with Crippen LogP contribution in [0, 0.1) is 6.92 Å². The maximum absolute atomic E-state index is 11.1. The van der Waals surface area contributed by atoms with Crippen LogP contribution in [0.3, 0.4) is 0 Å². The van der Waals surface area contributed by atoms with E-state index in [1.54, 1.807) is 18.2 Å². The molecule has 0 aliphatic heterocycles. The highest BCUT2D eigenvalue weighted by atomic mass is 35.5. The number of hydrogen-bond acceptors (Lipinski definition) is 2. The van der Waals surface area contributed by atoms with E-state index in [4.69, 9.17) is 16.3 Å². The maximum Gasteiger partial charge on any atom is 0.156 e. The fourth-order valence-corrected chi connectivity index (χ4v) is 2.29. The van der Waals surface area contributed by atoms with Gasteiger partial charge in [0.25, 0.3) is 0 Å². The van der Waals surface area contributed by atoms with Gasteiger partial charge in [-0.1, -0.05) is 50.6 Å². The second kappa shape index (κ2) is 5.90. The number of halogens is 1. The molecule has 0 saturated carbocycles. The molecule has 0 aliphatic rings. The smallest absolute Gasteiger partial charge is 0.156 e. The van der Waals surface area contributed by atoms with Crippen molar-refractivity contribution in [2.45, 2.75) is 33.1 Å². The quantitative estimate of drug-likeness (QED) is 0.695. The Hall–Kier alpha value is -1.80. The number of hydrogen-bond donors (Lipinski definition) is 0. The van der Waals surface area contributed by atoms with E-state index in [1.807, 2.05) is 19.1 Å². The van der Waals surface area contributed by atoms with Crippen molar-refractivity contribution in [1.29, 1.82) is 0 Å². The molecule has 0 spiro atoms. The zero-order chi connectivity index (χ0) is 15.6. The summed E-state index contributed by atoms with van der Waals surface area (Å²) in [7, 11) is 0. The topological polar surface area (TPSA) is 26.3 Å². The second-order valence-corrected chi connectivity index (χ2v) is 6.52. The van der Waals surface area contributed by atoms with Gasteiger partial charge in [0.05, 0.1) is 10.6 Å². The van der Waals surface area contributed by atoms with Crippen LogP contribution in [-0.2, 0) is 5.41 Å². The Morgan fingerprint density at radius 3 is 2.43 bits per heavy atom. The fraction of sp³-hybridized carbons (Fsp3) is 0.278. The molecular weight excluding hydrogens is 284 g/mol. The van der Waals surface area contributed by atoms with Crippen molar-refractivity contribution < 1.29 is 9.53 Å². The number of carbonyl (C=O) groups excluding carboxylic acids is 1. The summed E-state index contributed by atoms with van der Waals surface area (Å²) in [5, 5.41) is 0.430. The number of aldehydes is 1. The molecule has 3 heteroatoms. The fourth-order valence-electron chi connectivity index (χ4n) is 2.07. The van der Waals surface area contributed by atoms with Crippen molar-refractivity contribution in [3.8, 4) is 11.5 Å². The molecule has 0 fully saturated rings. The van der Waals surface area contributed by atoms with E-state index in [9.17, 15) is 4.79 Å². The van der Waals surface area contributed by atoms with Crippen LogP contribution in [0.4, 0.5) is 0 Å². The summed E-state index contributed by atoms with van der Waals surface area (Å²) in [4.78, 5) is 11.1. The van der Waals surface area contributed by atoms with Gasteiger partial charge in [-0.05, 0) is 41.7 Å². The molecule has 0 radical (unpaired) electrons. The van der Waals surface area contributed by atoms with Crippen LogP contribution in [0.2, 0.25) is 5.02 Å². The average molecular weight is 303 g/mol. The Morgan fingerprint density at radius 2 is 1.86 bits per heavy atom. The van der Waals surface area contributed by atoms with Gasteiger partial charge in [0.15, 0.2) is 12.0 Å². The Labute approximate surface area is 130 Å². The molecule has 21 heavy (non-hydrogen) atoms. The monoisotopic (exact) mass is 302 g/mol. The van der Waals surface area contributed by atoms with Crippen molar-refractivity contribution >= 4 is 17.9 Å². The normalized spacial score (nSPS) is 11.3. The summed E-state index contributed by atoms with van der Waals surface area (Å²) in [6.45, 7) is 8.49.